The molecule has 0 aliphatic heterocycles. The van der Waals surface area contributed by atoms with E-state index < -0.39 is 5.97 Å². The summed E-state index contributed by atoms with van der Waals surface area (Å²) in [6, 6.07) is 10.6. The molecule has 4 aliphatic carbocycles. The van der Waals surface area contributed by atoms with Gasteiger partial charge in [-0.2, -0.15) is 4.98 Å². The van der Waals surface area contributed by atoms with Gasteiger partial charge in [-0.15, -0.1) is 0 Å². The topological polar surface area (TPSA) is 102 Å². The minimum absolute atomic E-state index is 0.0800. The van der Waals surface area contributed by atoms with Gasteiger partial charge in [-0.3, -0.25) is 0 Å². The van der Waals surface area contributed by atoms with E-state index >= 15 is 0 Å². The van der Waals surface area contributed by atoms with Gasteiger partial charge in [0.2, 0.25) is 11.7 Å². The average Bonchev–Trinajstić information content (AvgIpc) is 3.53. The number of aromatic nitrogens is 3. The number of benzene rings is 2. The van der Waals surface area contributed by atoms with Gasteiger partial charge in [0, 0.05) is 28.0 Å². The summed E-state index contributed by atoms with van der Waals surface area (Å²) >= 11 is 13.1. The van der Waals surface area contributed by atoms with Crippen molar-refractivity contribution >= 4 is 35.2 Å². The summed E-state index contributed by atoms with van der Waals surface area (Å²) in [6.45, 7) is 1.78. The number of carboxylic acid groups (broad SMARTS) is 1. The number of aromatic carboxylic acids is 1. The van der Waals surface area contributed by atoms with Gasteiger partial charge in [0.05, 0.1) is 15.6 Å². The molecule has 210 valence electrons. The lowest BCUT2D eigenvalue weighted by Gasteiger charge is -2.50. The normalized spacial score (nSPS) is 23.9. The minimum atomic E-state index is -0.965. The largest absolute Gasteiger partial charge is 0.478 e. The Morgan fingerprint density at radius 2 is 1.66 bits per heavy atom. The molecule has 0 atom stereocenters. The molecule has 4 saturated carbocycles. The van der Waals surface area contributed by atoms with Crippen LogP contribution in [0.5, 0.6) is 0 Å². The zero-order valence-electron chi connectivity index (χ0n) is 22.6. The lowest BCUT2D eigenvalue weighted by Crippen LogP contribution is -2.43. The van der Waals surface area contributed by atoms with Crippen LogP contribution in [0.4, 0.5) is 0 Å². The molecule has 7 nitrogen and oxygen atoms in total. The Morgan fingerprint density at radius 1 is 0.976 bits per heavy atom. The summed E-state index contributed by atoms with van der Waals surface area (Å²) in [5.41, 5.74) is 3.91. The number of rotatable bonds is 7. The first-order chi connectivity index (χ1) is 19.8. The van der Waals surface area contributed by atoms with Gasteiger partial charge < -0.3 is 14.2 Å². The maximum atomic E-state index is 11.6. The van der Waals surface area contributed by atoms with Crippen LogP contribution in [0.3, 0.4) is 0 Å². The monoisotopic (exact) mass is 589 g/mol. The van der Waals surface area contributed by atoms with Crippen molar-refractivity contribution in [1.82, 2.24) is 15.3 Å². The van der Waals surface area contributed by atoms with Gasteiger partial charge >= 0.3 is 5.97 Å². The molecule has 4 fully saturated rings. The van der Waals surface area contributed by atoms with Crippen LogP contribution < -0.4 is 0 Å². The first-order valence-corrected chi connectivity index (χ1v) is 14.9. The summed E-state index contributed by atoms with van der Waals surface area (Å²) in [4.78, 5) is 16.4. The standard InChI is InChI=1S/C32H29Cl2N3O4/c1-18-20(4-2-5-21(18)29(38)39)28-35-30(41-37-28)32-15-12-31(13-16-32,14-17-32)11-10-22-26(36-40-27(22)19-8-9-19)25-23(33)6-3-7-24(25)34/h2-7,10-11,19H,8-9,12-17H2,1H3,(H,38,39). The Morgan fingerprint density at radius 3 is 2.32 bits per heavy atom. The van der Waals surface area contributed by atoms with E-state index in [4.69, 9.17) is 37.2 Å². The molecular weight excluding hydrogens is 561 g/mol. The Balaban J connectivity index is 1.14. The van der Waals surface area contributed by atoms with Crippen molar-refractivity contribution in [3.05, 3.63) is 80.9 Å². The molecular formula is C32H29Cl2N3O4. The molecule has 4 aromatic rings. The minimum Gasteiger partial charge on any atom is -0.478 e. The fourth-order valence-electron chi connectivity index (χ4n) is 6.72. The summed E-state index contributed by atoms with van der Waals surface area (Å²) in [5, 5.41) is 19.3. The summed E-state index contributed by atoms with van der Waals surface area (Å²) in [6.07, 6.45) is 12.7. The summed E-state index contributed by atoms with van der Waals surface area (Å²) < 4.78 is 11.7. The number of hydrogen-bond acceptors (Lipinski definition) is 6. The first-order valence-electron chi connectivity index (χ1n) is 14.1. The van der Waals surface area contributed by atoms with Crippen LogP contribution in [-0.4, -0.2) is 26.4 Å². The number of halogens is 2. The molecule has 0 unspecified atom stereocenters. The van der Waals surface area contributed by atoms with E-state index in [1.54, 1.807) is 19.1 Å². The van der Waals surface area contributed by atoms with E-state index in [9.17, 15) is 9.90 Å². The van der Waals surface area contributed by atoms with E-state index in [0.717, 1.165) is 62.7 Å². The third-order valence-electron chi connectivity index (χ3n) is 9.50. The molecule has 0 radical (unpaired) electrons. The highest BCUT2D eigenvalue weighted by atomic mass is 35.5. The molecule has 0 saturated heterocycles. The molecule has 2 bridgehead atoms. The zero-order valence-corrected chi connectivity index (χ0v) is 24.1. The van der Waals surface area contributed by atoms with Crippen LogP contribution in [0.2, 0.25) is 10.0 Å². The highest BCUT2D eigenvalue weighted by Gasteiger charge is 2.51. The Bertz CT molecular complexity index is 1660. The molecule has 2 heterocycles. The molecule has 1 N–H and O–H groups in total. The van der Waals surface area contributed by atoms with Crippen molar-refractivity contribution in [2.24, 2.45) is 5.41 Å². The number of fused-ring (bicyclic) bond motifs is 3. The predicted octanol–water partition coefficient (Wildman–Crippen LogP) is 8.89. The second-order valence-corrected chi connectivity index (χ2v) is 12.7. The smallest absolute Gasteiger partial charge is 0.335 e. The molecule has 4 aliphatic rings. The molecule has 41 heavy (non-hydrogen) atoms. The van der Waals surface area contributed by atoms with Crippen molar-refractivity contribution in [2.45, 2.75) is 69.6 Å². The summed E-state index contributed by atoms with van der Waals surface area (Å²) in [7, 11) is 0. The molecule has 0 spiro atoms. The Kier molecular flexibility index (Phi) is 6.36. The second-order valence-electron chi connectivity index (χ2n) is 11.9. The van der Waals surface area contributed by atoms with Crippen LogP contribution in [-0.2, 0) is 5.41 Å². The van der Waals surface area contributed by atoms with Crippen LogP contribution in [0, 0.1) is 12.3 Å². The lowest BCUT2D eigenvalue weighted by atomic mass is 9.53. The second kappa shape index (κ2) is 9.85. The fourth-order valence-corrected chi connectivity index (χ4v) is 7.30. The highest BCUT2D eigenvalue weighted by molar-refractivity contribution is 6.39. The maximum absolute atomic E-state index is 11.6. The zero-order chi connectivity index (χ0) is 28.4. The molecule has 0 amide bonds. The van der Waals surface area contributed by atoms with Crippen LogP contribution in [0.1, 0.15) is 90.4 Å². The van der Waals surface area contributed by atoms with Gasteiger partial charge in [-0.05, 0) is 87.5 Å². The van der Waals surface area contributed by atoms with E-state index in [1.807, 2.05) is 24.3 Å². The average molecular weight is 591 g/mol. The predicted molar refractivity (Wildman–Crippen MR) is 156 cm³/mol. The third kappa shape index (κ3) is 4.50. The quantitative estimate of drug-likeness (QED) is 0.229. The lowest BCUT2D eigenvalue weighted by molar-refractivity contribution is 0.0569. The Hall–Kier alpha value is -3.42. The molecule has 2 aromatic heterocycles. The first kappa shape index (κ1) is 26.5. The van der Waals surface area contributed by atoms with Crippen molar-refractivity contribution in [3.8, 4) is 22.6 Å². The van der Waals surface area contributed by atoms with E-state index in [-0.39, 0.29) is 16.4 Å². The number of hydrogen-bond donors (Lipinski definition) is 1. The van der Waals surface area contributed by atoms with Gasteiger partial charge in [-0.25, -0.2) is 4.79 Å². The SMILES string of the molecule is Cc1c(C(=O)O)cccc1-c1noc(C23CCC(C=Cc4c(-c5c(Cl)cccc5Cl)noc4C4CC4)(CC2)CC3)n1. The van der Waals surface area contributed by atoms with Crippen molar-refractivity contribution in [1.29, 1.82) is 0 Å². The highest BCUT2D eigenvalue weighted by Crippen LogP contribution is 2.58. The van der Waals surface area contributed by atoms with E-state index in [2.05, 4.69) is 22.5 Å². The molecule has 2 aromatic carbocycles. The number of nitrogens with zero attached hydrogens (tertiary/aromatic N) is 3. The molecule has 9 heteroatoms. The van der Waals surface area contributed by atoms with Crippen LogP contribution in [0.15, 0.2) is 51.5 Å². The summed E-state index contributed by atoms with van der Waals surface area (Å²) in [5.74, 6) is 1.46. The van der Waals surface area contributed by atoms with Gasteiger partial charge in [0.1, 0.15) is 11.5 Å². The number of allylic oxidation sites excluding steroid dienone is 1. The van der Waals surface area contributed by atoms with Crippen LogP contribution >= 0.6 is 23.2 Å². The van der Waals surface area contributed by atoms with Crippen LogP contribution in [0.25, 0.3) is 28.7 Å². The van der Waals surface area contributed by atoms with E-state index in [1.165, 1.54) is 0 Å². The van der Waals surface area contributed by atoms with Crippen molar-refractivity contribution in [2.75, 3.05) is 0 Å². The van der Waals surface area contributed by atoms with Gasteiger partial charge in [0.15, 0.2) is 0 Å². The van der Waals surface area contributed by atoms with Crippen molar-refractivity contribution < 1.29 is 18.9 Å². The number of carboxylic acids is 1. The molecule has 8 rings (SSSR count). The number of carbonyl (C=O) groups is 1. The maximum Gasteiger partial charge on any atom is 0.335 e. The van der Waals surface area contributed by atoms with Gasteiger partial charge in [0.25, 0.3) is 0 Å². The Labute approximate surface area is 247 Å². The van der Waals surface area contributed by atoms with E-state index in [0.29, 0.717) is 50.1 Å². The van der Waals surface area contributed by atoms with Gasteiger partial charge in [-0.1, -0.05) is 63.9 Å². The van der Waals surface area contributed by atoms with Crippen molar-refractivity contribution in [3.63, 3.8) is 0 Å². The fraction of sp³-hybridized carbons (Fsp3) is 0.375. The third-order valence-corrected chi connectivity index (χ3v) is 10.1.